The first kappa shape index (κ1) is 22.5. The van der Waals surface area contributed by atoms with Gasteiger partial charge in [-0.3, -0.25) is 14.5 Å². The molecule has 7 heteroatoms. The lowest BCUT2D eigenvalue weighted by Gasteiger charge is -2.27. The number of anilines is 1. The number of ketones is 1. The minimum Gasteiger partial charge on any atom is -0.503 e. The second-order valence-electron chi connectivity index (χ2n) is 7.58. The Hall–Kier alpha value is -4.65. The zero-order valence-electron chi connectivity index (χ0n) is 18.2. The molecule has 1 aliphatic rings. The number of carboxylic acids is 1. The predicted molar refractivity (Wildman–Crippen MR) is 127 cm³/mol. The smallest absolute Gasteiger partial charge is 0.335 e. The molecule has 1 heterocycles. The average molecular weight is 455 g/mol. The number of allylic oxidation sites excluding steroid dienone is 1. The summed E-state index contributed by atoms with van der Waals surface area (Å²) in [7, 11) is 1.52. The number of hydrogen-bond donors (Lipinski definition) is 2. The Labute approximate surface area is 195 Å². The summed E-state index contributed by atoms with van der Waals surface area (Å²) in [5, 5.41) is 20.1. The molecule has 1 atom stereocenters. The Kier molecular flexibility index (Phi) is 6.27. The van der Waals surface area contributed by atoms with Crippen molar-refractivity contribution in [3.05, 3.63) is 113 Å². The van der Waals surface area contributed by atoms with Crippen LogP contribution >= 0.6 is 0 Å². The Balaban J connectivity index is 1.80. The fourth-order valence-electron chi connectivity index (χ4n) is 3.84. The quantitative estimate of drug-likeness (QED) is 0.506. The van der Waals surface area contributed by atoms with Crippen molar-refractivity contribution in [3.63, 3.8) is 0 Å². The molecule has 3 aromatic carbocycles. The lowest BCUT2D eigenvalue weighted by Crippen LogP contribution is -2.31. The van der Waals surface area contributed by atoms with Gasteiger partial charge in [0.25, 0.3) is 5.91 Å². The van der Waals surface area contributed by atoms with Crippen molar-refractivity contribution < 1.29 is 29.3 Å². The Bertz CT molecular complexity index is 1310. The third kappa shape index (κ3) is 4.31. The Morgan fingerprint density at radius 3 is 2.32 bits per heavy atom. The van der Waals surface area contributed by atoms with Crippen LogP contribution in [0, 0.1) is 0 Å². The van der Waals surface area contributed by atoms with Crippen LogP contribution in [0.25, 0.3) is 6.08 Å². The van der Waals surface area contributed by atoms with Crippen molar-refractivity contribution in [1.29, 1.82) is 0 Å². The minimum atomic E-state index is -1.16. The van der Waals surface area contributed by atoms with E-state index in [0.29, 0.717) is 11.3 Å². The molecule has 170 valence electrons. The highest BCUT2D eigenvalue weighted by molar-refractivity contribution is 6.20. The number of aliphatic hydroxyl groups is 1. The molecule has 7 nitrogen and oxygen atoms in total. The largest absolute Gasteiger partial charge is 0.503 e. The maximum Gasteiger partial charge on any atom is 0.335 e. The number of rotatable bonds is 7. The summed E-state index contributed by atoms with van der Waals surface area (Å²) in [6.07, 6.45) is 2.91. The van der Waals surface area contributed by atoms with Gasteiger partial charge in [-0.05, 0) is 47.5 Å². The molecular weight excluding hydrogens is 434 g/mol. The van der Waals surface area contributed by atoms with Gasteiger partial charge < -0.3 is 14.9 Å². The van der Waals surface area contributed by atoms with Gasteiger partial charge in [0.2, 0.25) is 0 Å². The molecule has 3 aromatic rings. The van der Waals surface area contributed by atoms with Crippen molar-refractivity contribution in [3.8, 4) is 5.75 Å². The van der Waals surface area contributed by atoms with Crippen LogP contribution in [0.1, 0.15) is 27.5 Å². The normalized spacial score (nSPS) is 15.7. The van der Waals surface area contributed by atoms with E-state index in [0.717, 1.165) is 5.56 Å². The molecule has 0 saturated heterocycles. The van der Waals surface area contributed by atoms with Gasteiger partial charge in [-0.25, -0.2) is 4.79 Å². The second kappa shape index (κ2) is 9.46. The number of methoxy groups -OCH3 is 1. The molecule has 0 saturated carbocycles. The number of nitrogens with zero attached hydrogens (tertiary/aromatic N) is 1. The van der Waals surface area contributed by atoms with Crippen LogP contribution in [0.3, 0.4) is 0 Å². The fourth-order valence-corrected chi connectivity index (χ4v) is 3.84. The molecular formula is C27H21NO6. The summed E-state index contributed by atoms with van der Waals surface area (Å²) in [6, 6.07) is 20.7. The van der Waals surface area contributed by atoms with Gasteiger partial charge >= 0.3 is 5.97 Å². The molecule has 4 rings (SSSR count). The van der Waals surface area contributed by atoms with Crippen molar-refractivity contribution in [2.75, 3.05) is 12.0 Å². The molecule has 0 radical (unpaired) electrons. The number of aliphatic hydroxyl groups excluding tert-OH is 1. The molecule has 0 aliphatic carbocycles. The molecule has 0 aromatic heterocycles. The van der Waals surface area contributed by atoms with Gasteiger partial charge in [0.15, 0.2) is 11.5 Å². The summed E-state index contributed by atoms with van der Waals surface area (Å²) in [5.74, 6) is -2.58. The predicted octanol–water partition coefficient (Wildman–Crippen LogP) is 4.58. The lowest BCUT2D eigenvalue weighted by molar-refractivity contribution is -0.117. The molecule has 0 spiro atoms. The van der Waals surface area contributed by atoms with Gasteiger partial charge in [0, 0.05) is 5.69 Å². The highest BCUT2D eigenvalue weighted by Gasteiger charge is 2.43. The van der Waals surface area contributed by atoms with Gasteiger partial charge in [-0.15, -0.1) is 0 Å². The zero-order valence-corrected chi connectivity index (χ0v) is 18.2. The van der Waals surface area contributed by atoms with E-state index in [1.165, 1.54) is 36.3 Å². The number of carboxylic acid groups (broad SMARTS) is 1. The highest BCUT2D eigenvalue weighted by atomic mass is 16.5. The number of ether oxygens (including phenoxy) is 1. The fraction of sp³-hybridized carbons (Fsp3) is 0.0741. The van der Waals surface area contributed by atoms with Crippen LogP contribution in [0.15, 0.2) is 96.3 Å². The highest BCUT2D eigenvalue weighted by Crippen LogP contribution is 2.41. The molecule has 1 aliphatic heterocycles. The maximum absolute atomic E-state index is 13.2. The molecule has 34 heavy (non-hydrogen) atoms. The molecule has 2 N–H and O–H groups in total. The molecule has 1 unspecified atom stereocenters. The first-order valence-corrected chi connectivity index (χ1v) is 10.4. The van der Waals surface area contributed by atoms with E-state index in [4.69, 9.17) is 4.74 Å². The topological polar surface area (TPSA) is 104 Å². The standard InChI is InChI=1S/C27H21NO6/c1-34-21-13-11-18(12-14-21)24-23(22(29)15-10-17-6-3-2-4-7-17)25(30)26(31)28(24)20-9-5-8-19(16-20)27(32)33/h2-16,24,30H,1H3,(H,32,33). The molecule has 0 fully saturated rings. The van der Waals surface area contributed by atoms with E-state index in [1.54, 1.807) is 36.4 Å². The third-order valence-corrected chi connectivity index (χ3v) is 5.50. The van der Waals surface area contributed by atoms with Crippen molar-refractivity contribution in [2.45, 2.75) is 6.04 Å². The van der Waals surface area contributed by atoms with Crippen LogP contribution in [0.4, 0.5) is 5.69 Å². The van der Waals surface area contributed by atoms with Gasteiger partial charge in [-0.1, -0.05) is 54.6 Å². The first-order valence-electron chi connectivity index (χ1n) is 10.4. The summed E-state index contributed by atoms with van der Waals surface area (Å²) in [4.78, 5) is 39.1. The monoisotopic (exact) mass is 455 g/mol. The van der Waals surface area contributed by atoms with Crippen molar-refractivity contribution in [2.24, 2.45) is 0 Å². The average Bonchev–Trinajstić information content (AvgIpc) is 3.13. The number of benzene rings is 3. The first-order chi connectivity index (χ1) is 16.4. The summed E-state index contributed by atoms with van der Waals surface area (Å²) in [5.41, 5.74) is 1.46. The van der Waals surface area contributed by atoms with Crippen molar-refractivity contribution in [1.82, 2.24) is 0 Å². The third-order valence-electron chi connectivity index (χ3n) is 5.50. The number of aromatic carboxylic acids is 1. The minimum absolute atomic E-state index is 0.0259. The van der Waals surface area contributed by atoms with Crippen LogP contribution in [-0.2, 0) is 9.59 Å². The maximum atomic E-state index is 13.2. The van der Waals surface area contributed by atoms with Gasteiger partial charge in [0.05, 0.1) is 24.3 Å². The molecule has 1 amide bonds. The Morgan fingerprint density at radius 2 is 1.68 bits per heavy atom. The van der Waals surface area contributed by atoms with E-state index in [1.807, 2.05) is 30.3 Å². The SMILES string of the molecule is COc1ccc(C2C(C(=O)C=Cc3ccccc3)=C(O)C(=O)N2c2cccc(C(=O)O)c2)cc1. The summed E-state index contributed by atoms with van der Waals surface area (Å²) < 4.78 is 5.20. The van der Waals surface area contributed by atoms with Crippen LogP contribution in [0.5, 0.6) is 5.75 Å². The van der Waals surface area contributed by atoms with Gasteiger partial charge in [0.1, 0.15) is 5.75 Å². The molecule has 0 bridgehead atoms. The van der Waals surface area contributed by atoms with E-state index >= 15 is 0 Å². The lowest BCUT2D eigenvalue weighted by atomic mass is 9.95. The van der Waals surface area contributed by atoms with E-state index in [9.17, 15) is 24.6 Å². The summed E-state index contributed by atoms with van der Waals surface area (Å²) in [6.45, 7) is 0. The number of hydrogen-bond acceptors (Lipinski definition) is 5. The Morgan fingerprint density at radius 1 is 0.971 bits per heavy atom. The summed E-state index contributed by atoms with van der Waals surface area (Å²) >= 11 is 0. The van der Waals surface area contributed by atoms with E-state index in [-0.39, 0.29) is 16.8 Å². The second-order valence-corrected chi connectivity index (χ2v) is 7.58. The van der Waals surface area contributed by atoms with Crippen LogP contribution in [0.2, 0.25) is 0 Å². The zero-order chi connectivity index (χ0) is 24.2. The van der Waals surface area contributed by atoms with E-state index < -0.39 is 29.5 Å². The van der Waals surface area contributed by atoms with Gasteiger partial charge in [-0.2, -0.15) is 0 Å². The number of carbonyl (C=O) groups excluding carboxylic acids is 2. The van der Waals surface area contributed by atoms with Crippen LogP contribution in [-0.4, -0.2) is 35.0 Å². The number of carbonyl (C=O) groups is 3. The van der Waals surface area contributed by atoms with Crippen molar-refractivity contribution >= 4 is 29.4 Å². The van der Waals surface area contributed by atoms with Crippen LogP contribution < -0.4 is 9.64 Å². The number of amides is 1. The van der Waals surface area contributed by atoms with E-state index in [2.05, 4.69) is 0 Å².